The molecule has 0 aromatic heterocycles. The van der Waals surface area contributed by atoms with E-state index in [4.69, 9.17) is 29.5 Å². The summed E-state index contributed by atoms with van der Waals surface area (Å²) in [4.78, 5) is 0. The van der Waals surface area contributed by atoms with Gasteiger partial charge in [-0.25, -0.2) is 0 Å². The lowest BCUT2D eigenvalue weighted by molar-refractivity contribution is -0.0144. The van der Waals surface area contributed by atoms with Crippen LogP contribution in [0.25, 0.3) is 0 Å². The minimum Gasteiger partial charge on any atom is -0.507 e. The Balaban J connectivity index is 2.86. The van der Waals surface area contributed by atoms with E-state index in [1.54, 1.807) is 12.1 Å². The van der Waals surface area contributed by atoms with Crippen LogP contribution in [0.1, 0.15) is 16.7 Å². The Morgan fingerprint density at radius 2 is 1.30 bits per heavy atom. The molecule has 1 aromatic carbocycles. The van der Waals surface area contributed by atoms with Gasteiger partial charge in [0.15, 0.2) is 0 Å². The smallest absolute Gasteiger partial charge is 0.144 e. The van der Waals surface area contributed by atoms with Gasteiger partial charge in [-0.1, -0.05) is 0 Å². The molecule has 7 heteroatoms. The molecule has 0 saturated heterocycles. The molecule has 114 valence electrons. The van der Waals surface area contributed by atoms with Gasteiger partial charge in [-0.15, -0.1) is 0 Å². The lowest BCUT2D eigenvalue weighted by Crippen LogP contribution is -2.04. The fourth-order valence-corrected chi connectivity index (χ4v) is 1.76. The summed E-state index contributed by atoms with van der Waals surface area (Å²) in [7, 11) is 0. The molecule has 0 aliphatic rings. The number of hydrogen-bond donors (Lipinski definition) is 4. The maximum atomic E-state index is 10.0. The minimum absolute atomic E-state index is 0.0127. The lowest BCUT2D eigenvalue weighted by atomic mass is 10.0. The van der Waals surface area contributed by atoms with E-state index >= 15 is 0 Å². The number of aromatic hydroxyl groups is 1. The van der Waals surface area contributed by atoms with Crippen LogP contribution in [-0.2, 0) is 33.8 Å². The Hall–Kier alpha value is -1.22. The van der Waals surface area contributed by atoms with E-state index in [-0.39, 0.29) is 25.8 Å². The summed E-state index contributed by atoms with van der Waals surface area (Å²) in [6.07, 6.45) is 0.541. The van der Waals surface area contributed by atoms with Crippen LogP contribution in [0.3, 0.4) is 0 Å². The Kier molecular flexibility index (Phi) is 8.12. The van der Waals surface area contributed by atoms with Crippen molar-refractivity contribution in [2.24, 2.45) is 0 Å². The van der Waals surface area contributed by atoms with E-state index in [0.29, 0.717) is 24.2 Å². The van der Waals surface area contributed by atoms with Crippen LogP contribution in [0.4, 0.5) is 0 Å². The van der Waals surface area contributed by atoms with Gasteiger partial charge in [-0.3, -0.25) is 0 Å². The van der Waals surface area contributed by atoms with Gasteiger partial charge in [0.05, 0.1) is 19.8 Å². The van der Waals surface area contributed by atoms with Crippen molar-refractivity contribution in [1.82, 2.24) is 0 Å². The maximum Gasteiger partial charge on any atom is 0.144 e. The SMILES string of the molecule is OCOCCc1cc(COCO)c(O)c(COCO)c1. The van der Waals surface area contributed by atoms with Gasteiger partial charge in [0.2, 0.25) is 0 Å². The highest BCUT2D eigenvalue weighted by Gasteiger charge is 2.11. The summed E-state index contributed by atoms with van der Waals surface area (Å²) < 4.78 is 14.6. The monoisotopic (exact) mass is 288 g/mol. The number of aliphatic hydroxyl groups is 3. The van der Waals surface area contributed by atoms with Crippen LogP contribution >= 0.6 is 0 Å². The van der Waals surface area contributed by atoms with Crippen molar-refractivity contribution in [2.45, 2.75) is 19.6 Å². The lowest BCUT2D eigenvalue weighted by Gasteiger charge is -2.13. The van der Waals surface area contributed by atoms with Crippen molar-refractivity contribution in [3.05, 3.63) is 28.8 Å². The molecule has 0 unspecified atom stereocenters. The topological polar surface area (TPSA) is 109 Å². The van der Waals surface area contributed by atoms with Crippen LogP contribution < -0.4 is 0 Å². The highest BCUT2D eigenvalue weighted by molar-refractivity contribution is 5.43. The van der Waals surface area contributed by atoms with Crippen LogP contribution in [-0.4, -0.2) is 47.4 Å². The first-order chi connectivity index (χ1) is 9.72. The van der Waals surface area contributed by atoms with Crippen molar-refractivity contribution in [3.63, 3.8) is 0 Å². The molecular weight excluding hydrogens is 268 g/mol. The van der Waals surface area contributed by atoms with Gasteiger partial charge in [0.1, 0.15) is 26.1 Å². The van der Waals surface area contributed by atoms with Gasteiger partial charge in [-0.05, 0) is 24.1 Å². The van der Waals surface area contributed by atoms with Crippen LogP contribution in [0.15, 0.2) is 12.1 Å². The van der Waals surface area contributed by atoms with E-state index in [9.17, 15) is 5.11 Å². The number of hydrogen-bond acceptors (Lipinski definition) is 7. The highest BCUT2D eigenvalue weighted by Crippen LogP contribution is 2.26. The molecule has 0 saturated carbocycles. The van der Waals surface area contributed by atoms with Crippen LogP contribution in [0.2, 0.25) is 0 Å². The molecule has 0 aliphatic heterocycles. The Morgan fingerprint density at radius 3 is 1.75 bits per heavy atom. The third-order valence-electron chi connectivity index (χ3n) is 2.65. The van der Waals surface area contributed by atoms with E-state index in [2.05, 4.69) is 0 Å². The highest BCUT2D eigenvalue weighted by atomic mass is 16.6. The molecule has 0 radical (unpaired) electrons. The van der Waals surface area contributed by atoms with E-state index in [1.165, 1.54) is 0 Å². The molecular formula is C13H20O7. The number of phenols is 1. The van der Waals surface area contributed by atoms with Gasteiger partial charge < -0.3 is 34.6 Å². The second-order valence-corrected chi connectivity index (χ2v) is 4.01. The predicted octanol–water partition coefficient (Wildman–Crippen LogP) is -0.166. The summed E-state index contributed by atoms with van der Waals surface area (Å²) in [5, 5.41) is 35.9. The molecule has 1 aromatic rings. The van der Waals surface area contributed by atoms with Gasteiger partial charge in [-0.2, -0.15) is 0 Å². The largest absolute Gasteiger partial charge is 0.507 e. The average Bonchev–Trinajstić information content (AvgIpc) is 2.46. The van der Waals surface area contributed by atoms with E-state index < -0.39 is 13.6 Å². The first kappa shape index (κ1) is 16.8. The first-order valence-electron chi connectivity index (χ1n) is 6.12. The quantitative estimate of drug-likeness (QED) is 0.350. The summed E-state index contributed by atoms with van der Waals surface area (Å²) in [6.45, 7) is -0.785. The van der Waals surface area contributed by atoms with E-state index in [0.717, 1.165) is 5.56 Å². The zero-order valence-corrected chi connectivity index (χ0v) is 11.1. The fourth-order valence-electron chi connectivity index (χ4n) is 1.76. The first-order valence-corrected chi connectivity index (χ1v) is 6.12. The maximum absolute atomic E-state index is 10.0. The Labute approximate surface area is 117 Å². The Morgan fingerprint density at radius 1 is 0.800 bits per heavy atom. The number of rotatable bonds is 10. The van der Waals surface area contributed by atoms with Crippen molar-refractivity contribution in [1.29, 1.82) is 0 Å². The zero-order chi connectivity index (χ0) is 14.8. The summed E-state index contributed by atoms with van der Waals surface area (Å²) in [6, 6.07) is 3.46. The molecule has 0 atom stereocenters. The van der Waals surface area contributed by atoms with Gasteiger partial charge in [0, 0.05) is 11.1 Å². The number of aliphatic hydroxyl groups excluding tert-OH is 3. The second kappa shape index (κ2) is 9.65. The number of ether oxygens (including phenoxy) is 3. The molecule has 4 N–H and O–H groups in total. The number of benzene rings is 1. The fraction of sp³-hybridized carbons (Fsp3) is 0.538. The standard InChI is InChI=1S/C13H20O7/c14-7-18-2-1-10-3-11(5-19-8-15)13(17)12(4-10)6-20-9-16/h3-4,14-17H,1-2,5-9H2. The third-order valence-corrected chi connectivity index (χ3v) is 2.65. The molecule has 0 amide bonds. The molecule has 20 heavy (non-hydrogen) atoms. The van der Waals surface area contributed by atoms with E-state index in [1.807, 2.05) is 0 Å². The van der Waals surface area contributed by atoms with Gasteiger partial charge in [0.25, 0.3) is 0 Å². The minimum atomic E-state index is -0.445. The molecule has 0 spiro atoms. The number of phenolic OH excluding ortho intramolecular Hbond substituents is 1. The molecule has 0 fully saturated rings. The van der Waals surface area contributed by atoms with Crippen molar-refractivity contribution < 1.29 is 34.6 Å². The van der Waals surface area contributed by atoms with Crippen molar-refractivity contribution in [2.75, 3.05) is 27.0 Å². The van der Waals surface area contributed by atoms with Gasteiger partial charge >= 0.3 is 0 Å². The zero-order valence-electron chi connectivity index (χ0n) is 11.1. The summed E-state index contributed by atoms with van der Waals surface area (Å²) in [5.41, 5.74) is 1.89. The van der Waals surface area contributed by atoms with Crippen molar-refractivity contribution >= 4 is 0 Å². The summed E-state index contributed by atoms with van der Waals surface area (Å²) >= 11 is 0. The molecule has 0 bridgehead atoms. The second-order valence-electron chi connectivity index (χ2n) is 4.01. The molecule has 0 aliphatic carbocycles. The third kappa shape index (κ3) is 5.41. The Bertz CT molecular complexity index is 365. The molecule has 1 rings (SSSR count). The van der Waals surface area contributed by atoms with Crippen LogP contribution in [0.5, 0.6) is 5.75 Å². The van der Waals surface area contributed by atoms with Crippen molar-refractivity contribution in [3.8, 4) is 5.75 Å². The molecule has 7 nitrogen and oxygen atoms in total. The molecule has 0 heterocycles. The predicted molar refractivity (Wildman–Crippen MR) is 68.6 cm³/mol. The normalized spacial score (nSPS) is 10.9. The average molecular weight is 288 g/mol. The summed E-state index contributed by atoms with van der Waals surface area (Å²) in [5.74, 6) is 0.0127. The van der Waals surface area contributed by atoms with Crippen LogP contribution in [0, 0.1) is 0 Å².